The van der Waals surface area contributed by atoms with Crippen LogP contribution in [0.25, 0.3) is 23.0 Å². The van der Waals surface area contributed by atoms with Gasteiger partial charge in [0.15, 0.2) is 0 Å². The normalized spacial score (nSPS) is 15.2. The molecular weight excluding hydrogens is 532 g/mol. The largest absolute Gasteiger partial charge is 0.548 e. The average Bonchev–Trinajstić information content (AvgIpc) is 3.41. The fraction of sp³-hybridized carbons (Fsp3) is 0.200. The van der Waals surface area contributed by atoms with E-state index in [1.807, 2.05) is 30.3 Å². The van der Waals surface area contributed by atoms with Crippen LogP contribution in [-0.2, 0) is 19.6 Å². The molecule has 4 rings (SSSR count). The van der Waals surface area contributed by atoms with Gasteiger partial charge in [-0.25, -0.2) is 13.1 Å². The zero-order chi connectivity index (χ0) is 26.7. The predicted molar refractivity (Wildman–Crippen MR) is 144 cm³/mol. The molecule has 0 radical (unpaired) electrons. The van der Waals surface area contributed by atoms with Crippen molar-refractivity contribution in [2.45, 2.75) is 18.7 Å². The van der Waals surface area contributed by atoms with Crippen molar-refractivity contribution in [2.75, 3.05) is 19.6 Å². The minimum absolute atomic E-state index is 0.116. The molecule has 0 N–H and O–H groups in total. The van der Waals surface area contributed by atoms with Crippen LogP contribution in [0.1, 0.15) is 19.4 Å². The van der Waals surface area contributed by atoms with Crippen molar-refractivity contribution in [1.29, 1.82) is 0 Å². The third-order valence-electron chi connectivity index (χ3n) is 5.66. The van der Waals surface area contributed by atoms with E-state index in [0.717, 1.165) is 22.3 Å². The summed E-state index contributed by atoms with van der Waals surface area (Å²) in [7, 11) is -3.71. The Morgan fingerprint density at radius 2 is 1.84 bits per heavy atom. The molecule has 192 valence electrons. The van der Waals surface area contributed by atoms with Gasteiger partial charge in [0.2, 0.25) is 10.0 Å². The molecule has 1 aromatic heterocycles. The second-order valence-corrected chi connectivity index (χ2v) is 11.6. The summed E-state index contributed by atoms with van der Waals surface area (Å²) in [6, 6.07) is 15.8. The maximum atomic E-state index is 13.1. The van der Waals surface area contributed by atoms with Crippen LogP contribution in [0, 0.1) is 0 Å². The summed E-state index contributed by atoms with van der Waals surface area (Å²) in [6.07, 6.45) is 3.31. The number of thioether (sulfide) groups is 1. The lowest BCUT2D eigenvalue weighted by atomic mass is 10.1. The number of sulfonamides is 1. The Morgan fingerprint density at radius 3 is 2.49 bits per heavy atom. The molecule has 0 unspecified atom stereocenters. The lowest BCUT2D eigenvalue weighted by molar-refractivity contribution is -0.305. The standard InChI is InChI=1S/C25H24N4O5S3/c1-3-27(4-2)37(33,34)20-12-8-9-17(13-20)23-18(15-29(26-23)19-10-6-5-7-11-19)14-21-24(32)28(16-22(30)31)25(35)36-21/h5-15H,3-4,16H2,1-2H3,(H,30,31)/p-1/b21-14-. The Kier molecular flexibility index (Phi) is 7.93. The molecule has 0 spiro atoms. The minimum Gasteiger partial charge on any atom is -0.548 e. The summed E-state index contributed by atoms with van der Waals surface area (Å²) >= 11 is 6.17. The summed E-state index contributed by atoms with van der Waals surface area (Å²) in [6.45, 7) is 3.60. The Hall–Kier alpha value is -3.32. The zero-order valence-electron chi connectivity index (χ0n) is 20.0. The number of carboxylic acid groups (broad SMARTS) is 1. The highest BCUT2D eigenvalue weighted by molar-refractivity contribution is 8.26. The first kappa shape index (κ1) is 26.7. The van der Waals surface area contributed by atoms with Gasteiger partial charge in [-0.15, -0.1) is 0 Å². The van der Waals surface area contributed by atoms with Crippen LogP contribution in [0.4, 0.5) is 0 Å². The molecule has 0 atom stereocenters. The molecule has 1 amide bonds. The lowest BCUT2D eigenvalue weighted by Gasteiger charge is -2.18. The smallest absolute Gasteiger partial charge is 0.266 e. The van der Waals surface area contributed by atoms with Crippen molar-refractivity contribution < 1.29 is 23.1 Å². The maximum absolute atomic E-state index is 13.1. The molecule has 1 fully saturated rings. The number of rotatable bonds is 9. The van der Waals surface area contributed by atoms with Crippen molar-refractivity contribution in [3.05, 3.63) is 71.3 Å². The highest BCUT2D eigenvalue weighted by Gasteiger charge is 2.32. The molecule has 12 heteroatoms. The average molecular weight is 556 g/mol. The number of para-hydroxylation sites is 1. The van der Waals surface area contributed by atoms with Crippen molar-refractivity contribution in [3.63, 3.8) is 0 Å². The molecule has 2 aromatic carbocycles. The Balaban J connectivity index is 1.83. The number of carbonyl (C=O) groups excluding carboxylic acids is 2. The number of carbonyl (C=O) groups is 2. The minimum atomic E-state index is -3.71. The van der Waals surface area contributed by atoms with Gasteiger partial charge in [-0.2, -0.15) is 9.40 Å². The van der Waals surface area contributed by atoms with Crippen LogP contribution < -0.4 is 5.11 Å². The number of aromatic nitrogens is 2. The Morgan fingerprint density at radius 1 is 1.14 bits per heavy atom. The third kappa shape index (κ3) is 5.52. The molecular formula is C25H23N4O5S3-. The van der Waals surface area contributed by atoms with E-state index in [1.165, 1.54) is 10.4 Å². The van der Waals surface area contributed by atoms with Gasteiger partial charge < -0.3 is 9.90 Å². The number of carboxylic acids is 1. The number of hydrogen-bond acceptors (Lipinski definition) is 8. The molecule has 1 aliphatic heterocycles. The zero-order valence-corrected chi connectivity index (χ0v) is 22.5. The second-order valence-electron chi connectivity index (χ2n) is 7.97. The summed E-state index contributed by atoms with van der Waals surface area (Å²) in [5.74, 6) is -1.96. The Bertz CT molecular complexity index is 1500. The van der Waals surface area contributed by atoms with E-state index < -0.39 is 28.4 Å². The number of thiocarbonyl (C=S) groups is 1. The number of nitrogens with zero attached hydrogens (tertiary/aromatic N) is 4. The molecule has 0 aliphatic carbocycles. The van der Waals surface area contributed by atoms with Gasteiger partial charge in [-0.1, -0.05) is 68.2 Å². The van der Waals surface area contributed by atoms with Crippen LogP contribution in [-0.4, -0.2) is 63.2 Å². The van der Waals surface area contributed by atoms with Gasteiger partial charge in [0, 0.05) is 30.4 Å². The van der Waals surface area contributed by atoms with E-state index in [-0.39, 0.29) is 14.1 Å². The number of hydrogen-bond donors (Lipinski definition) is 0. The molecule has 2 heterocycles. The fourth-order valence-electron chi connectivity index (χ4n) is 3.85. The summed E-state index contributed by atoms with van der Waals surface area (Å²) in [5.41, 5.74) is 2.29. The van der Waals surface area contributed by atoms with E-state index in [1.54, 1.807) is 49.0 Å². The van der Waals surface area contributed by atoms with Gasteiger partial charge in [0.1, 0.15) is 10.0 Å². The first-order valence-electron chi connectivity index (χ1n) is 11.4. The van der Waals surface area contributed by atoms with E-state index >= 15 is 0 Å². The molecule has 1 saturated heterocycles. The Labute approximate surface area is 224 Å². The quantitative estimate of drug-likeness (QED) is 0.292. The van der Waals surface area contributed by atoms with Crippen molar-refractivity contribution >= 4 is 56.3 Å². The van der Waals surface area contributed by atoms with Crippen LogP contribution in [0.3, 0.4) is 0 Å². The molecule has 0 saturated carbocycles. The van der Waals surface area contributed by atoms with Gasteiger partial charge >= 0.3 is 0 Å². The second kappa shape index (κ2) is 11.0. The summed E-state index contributed by atoms with van der Waals surface area (Å²) < 4.78 is 29.4. The van der Waals surface area contributed by atoms with E-state index in [4.69, 9.17) is 17.3 Å². The van der Waals surface area contributed by atoms with Crippen LogP contribution in [0.2, 0.25) is 0 Å². The number of benzene rings is 2. The van der Waals surface area contributed by atoms with Crippen molar-refractivity contribution in [3.8, 4) is 16.9 Å². The van der Waals surface area contributed by atoms with Gasteiger partial charge in [-0.3, -0.25) is 9.69 Å². The van der Waals surface area contributed by atoms with E-state index in [0.29, 0.717) is 29.9 Å². The maximum Gasteiger partial charge on any atom is 0.266 e. The molecule has 1 aliphatic rings. The monoisotopic (exact) mass is 555 g/mol. The highest BCUT2D eigenvalue weighted by atomic mass is 32.2. The number of amides is 1. The summed E-state index contributed by atoms with van der Waals surface area (Å²) in [4.78, 5) is 25.2. The number of aliphatic carboxylic acids is 1. The van der Waals surface area contributed by atoms with Crippen molar-refractivity contribution in [1.82, 2.24) is 19.0 Å². The third-order valence-corrected chi connectivity index (χ3v) is 9.09. The van der Waals surface area contributed by atoms with Gasteiger partial charge in [0.25, 0.3) is 5.91 Å². The lowest BCUT2D eigenvalue weighted by Crippen LogP contribution is -2.40. The first-order chi connectivity index (χ1) is 17.6. The summed E-state index contributed by atoms with van der Waals surface area (Å²) in [5, 5.41) is 15.8. The molecule has 37 heavy (non-hydrogen) atoms. The predicted octanol–water partition coefficient (Wildman–Crippen LogP) is 2.52. The molecule has 3 aromatic rings. The van der Waals surface area contributed by atoms with Crippen molar-refractivity contribution in [2.24, 2.45) is 0 Å². The first-order valence-corrected chi connectivity index (χ1v) is 14.0. The molecule has 0 bridgehead atoms. The van der Waals surface area contributed by atoms with Crippen LogP contribution >= 0.6 is 24.0 Å². The highest BCUT2D eigenvalue weighted by Crippen LogP contribution is 2.35. The van der Waals surface area contributed by atoms with E-state index in [9.17, 15) is 23.1 Å². The molecule has 9 nitrogen and oxygen atoms in total. The van der Waals surface area contributed by atoms with E-state index in [2.05, 4.69) is 0 Å². The van der Waals surface area contributed by atoms with Gasteiger partial charge in [-0.05, 0) is 30.3 Å². The topological polar surface area (TPSA) is 116 Å². The SMILES string of the molecule is CCN(CC)S(=O)(=O)c1cccc(-c2nn(-c3ccccc3)cc2/C=C2\SC(=S)N(CC(=O)[O-])C2=O)c1. The van der Waals surface area contributed by atoms with Gasteiger partial charge in [0.05, 0.1) is 28.0 Å². The van der Waals surface area contributed by atoms with Crippen LogP contribution in [0.5, 0.6) is 0 Å². The van der Waals surface area contributed by atoms with Crippen LogP contribution in [0.15, 0.2) is 70.6 Å². The fourth-order valence-corrected chi connectivity index (χ4v) is 6.60.